The predicted octanol–water partition coefficient (Wildman–Crippen LogP) is 3.74. The van der Waals surface area contributed by atoms with Crippen molar-refractivity contribution in [3.8, 4) is 5.75 Å². The summed E-state index contributed by atoms with van der Waals surface area (Å²) < 4.78 is 32.9. The molecule has 3 aromatic carbocycles. The maximum Gasteiger partial charge on any atom is 0.264 e. The molecule has 1 amide bonds. The number of rotatable bonds is 8. The Hall–Kier alpha value is -3.65. The highest BCUT2D eigenvalue weighted by atomic mass is 32.2. The minimum atomic E-state index is -3.96. The van der Waals surface area contributed by atoms with Gasteiger partial charge in [-0.25, -0.2) is 13.8 Å². The third-order valence-electron chi connectivity index (χ3n) is 4.86. The van der Waals surface area contributed by atoms with E-state index in [1.54, 1.807) is 69.5 Å². The second kappa shape index (κ2) is 10.1. The van der Waals surface area contributed by atoms with Gasteiger partial charge in [0.1, 0.15) is 12.3 Å². The van der Waals surface area contributed by atoms with Crippen molar-refractivity contribution in [3.05, 3.63) is 90.0 Å². The van der Waals surface area contributed by atoms with E-state index in [0.29, 0.717) is 17.1 Å². The van der Waals surface area contributed by atoms with Crippen molar-refractivity contribution in [2.45, 2.75) is 18.7 Å². The molecule has 1 N–H and O–H groups in total. The zero-order valence-corrected chi connectivity index (χ0v) is 19.0. The number of nitrogens with one attached hydrogen (secondary N) is 1. The van der Waals surface area contributed by atoms with Crippen molar-refractivity contribution >= 4 is 27.3 Å². The summed E-state index contributed by atoms with van der Waals surface area (Å²) in [6.45, 7) is 3.14. The molecule has 8 heteroatoms. The first kappa shape index (κ1) is 23.0. The smallest absolute Gasteiger partial charge is 0.264 e. The average Bonchev–Trinajstić information content (AvgIpc) is 2.82. The monoisotopic (exact) mass is 451 g/mol. The summed E-state index contributed by atoms with van der Waals surface area (Å²) in [6, 6.07) is 22.3. The van der Waals surface area contributed by atoms with Crippen molar-refractivity contribution in [3.63, 3.8) is 0 Å². The fourth-order valence-electron chi connectivity index (χ4n) is 3.07. The number of sulfonamides is 1. The van der Waals surface area contributed by atoms with Gasteiger partial charge in [-0.1, -0.05) is 36.4 Å². The number of ether oxygens (including phenoxy) is 1. The van der Waals surface area contributed by atoms with Crippen molar-refractivity contribution < 1.29 is 17.9 Å². The lowest BCUT2D eigenvalue weighted by Gasteiger charge is -2.25. The molecule has 0 spiro atoms. The maximum absolute atomic E-state index is 13.3. The highest BCUT2D eigenvalue weighted by Crippen LogP contribution is 2.26. The number of para-hydroxylation sites is 1. The van der Waals surface area contributed by atoms with E-state index < -0.39 is 22.5 Å². The maximum atomic E-state index is 13.3. The van der Waals surface area contributed by atoms with E-state index in [4.69, 9.17) is 4.74 Å². The van der Waals surface area contributed by atoms with E-state index in [2.05, 4.69) is 10.5 Å². The Morgan fingerprint density at radius 1 is 0.969 bits per heavy atom. The molecule has 3 rings (SSSR count). The predicted molar refractivity (Wildman–Crippen MR) is 126 cm³/mol. The molecule has 0 aromatic heterocycles. The van der Waals surface area contributed by atoms with Crippen LogP contribution in [0.3, 0.4) is 0 Å². The summed E-state index contributed by atoms with van der Waals surface area (Å²) in [6.07, 6.45) is 0. The minimum absolute atomic E-state index is 0.106. The summed E-state index contributed by atoms with van der Waals surface area (Å²) in [5.74, 6) is 0.159. The number of carbonyl (C=O) groups excluding carboxylic acids is 1. The van der Waals surface area contributed by atoms with Gasteiger partial charge in [0.2, 0.25) is 0 Å². The number of amides is 1. The Labute approximate surface area is 188 Å². The van der Waals surface area contributed by atoms with Crippen LogP contribution in [0.25, 0.3) is 0 Å². The molecule has 32 heavy (non-hydrogen) atoms. The molecule has 0 radical (unpaired) electrons. The van der Waals surface area contributed by atoms with Crippen LogP contribution in [0.4, 0.5) is 5.69 Å². The number of hydrazone groups is 1. The number of carbonyl (C=O) groups is 1. The number of aryl methyl sites for hydroxylation is 1. The van der Waals surface area contributed by atoms with Crippen LogP contribution in [0.2, 0.25) is 0 Å². The van der Waals surface area contributed by atoms with E-state index in [1.807, 2.05) is 18.2 Å². The summed E-state index contributed by atoms with van der Waals surface area (Å²) in [5.41, 5.74) is 5.01. The molecule has 0 aliphatic carbocycles. The number of anilines is 1. The molecule has 0 saturated carbocycles. The highest BCUT2D eigenvalue weighted by molar-refractivity contribution is 7.92. The Bertz CT molecular complexity index is 1210. The van der Waals surface area contributed by atoms with Gasteiger partial charge in [0.15, 0.2) is 0 Å². The van der Waals surface area contributed by atoms with Crippen LogP contribution in [0.1, 0.15) is 18.1 Å². The van der Waals surface area contributed by atoms with Crippen molar-refractivity contribution in [2.75, 3.05) is 18.0 Å². The van der Waals surface area contributed by atoms with Crippen LogP contribution in [0, 0.1) is 6.92 Å². The van der Waals surface area contributed by atoms with Crippen LogP contribution in [-0.2, 0) is 14.8 Å². The number of nitrogens with zero attached hydrogens (tertiary/aromatic N) is 2. The lowest BCUT2D eigenvalue weighted by molar-refractivity contribution is -0.119. The van der Waals surface area contributed by atoms with Crippen LogP contribution in [-0.4, -0.2) is 33.7 Å². The Balaban J connectivity index is 1.85. The van der Waals surface area contributed by atoms with E-state index in [1.165, 1.54) is 12.1 Å². The van der Waals surface area contributed by atoms with Crippen LogP contribution >= 0.6 is 0 Å². The van der Waals surface area contributed by atoms with Crippen LogP contribution < -0.4 is 14.5 Å². The number of hydrogen-bond acceptors (Lipinski definition) is 5. The fourth-order valence-corrected chi connectivity index (χ4v) is 4.58. The molecule has 0 atom stereocenters. The largest absolute Gasteiger partial charge is 0.497 e. The van der Waals surface area contributed by atoms with E-state index in [9.17, 15) is 13.2 Å². The molecule has 0 bridgehead atoms. The zero-order chi connectivity index (χ0) is 23.1. The molecule has 7 nitrogen and oxygen atoms in total. The van der Waals surface area contributed by atoms with E-state index in [0.717, 1.165) is 15.4 Å². The van der Waals surface area contributed by atoms with Gasteiger partial charge in [0, 0.05) is 0 Å². The van der Waals surface area contributed by atoms with Gasteiger partial charge in [0.05, 0.1) is 23.4 Å². The zero-order valence-electron chi connectivity index (χ0n) is 18.1. The van der Waals surface area contributed by atoms with Crippen molar-refractivity contribution in [2.24, 2.45) is 5.10 Å². The van der Waals surface area contributed by atoms with Crippen LogP contribution in [0.15, 0.2) is 88.9 Å². The molecular formula is C24H25N3O4S. The molecule has 0 aliphatic rings. The first-order chi connectivity index (χ1) is 15.3. The van der Waals surface area contributed by atoms with Crippen LogP contribution in [0.5, 0.6) is 5.75 Å². The van der Waals surface area contributed by atoms with Gasteiger partial charge in [-0.05, 0) is 67.4 Å². The van der Waals surface area contributed by atoms with Gasteiger partial charge < -0.3 is 4.74 Å². The van der Waals surface area contributed by atoms with Gasteiger partial charge in [0.25, 0.3) is 15.9 Å². The minimum Gasteiger partial charge on any atom is -0.497 e. The van der Waals surface area contributed by atoms with Gasteiger partial charge in [-0.3, -0.25) is 9.10 Å². The van der Waals surface area contributed by atoms with E-state index in [-0.39, 0.29) is 4.90 Å². The number of benzene rings is 3. The topological polar surface area (TPSA) is 88.1 Å². The summed E-state index contributed by atoms with van der Waals surface area (Å²) in [5, 5.41) is 4.13. The molecule has 0 aliphatic heterocycles. The summed E-state index contributed by atoms with van der Waals surface area (Å²) in [4.78, 5) is 12.8. The molecular weight excluding hydrogens is 426 g/mol. The lowest BCUT2D eigenvalue weighted by atomic mass is 10.1. The molecule has 3 aromatic rings. The van der Waals surface area contributed by atoms with Crippen molar-refractivity contribution in [1.29, 1.82) is 0 Å². The SMILES string of the molecule is COc1ccc(/C(C)=N\NC(=O)CN(c2ccccc2C)S(=O)(=O)c2ccccc2)cc1. The average molecular weight is 452 g/mol. The third kappa shape index (κ3) is 5.33. The number of hydrogen-bond donors (Lipinski definition) is 1. The van der Waals surface area contributed by atoms with Crippen molar-refractivity contribution in [1.82, 2.24) is 5.43 Å². The first-order valence-corrected chi connectivity index (χ1v) is 11.4. The molecule has 0 unspecified atom stereocenters. The summed E-state index contributed by atoms with van der Waals surface area (Å²) >= 11 is 0. The van der Waals surface area contributed by atoms with E-state index >= 15 is 0 Å². The Kier molecular flexibility index (Phi) is 7.27. The fraction of sp³-hybridized carbons (Fsp3) is 0.167. The lowest BCUT2D eigenvalue weighted by Crippen LogP contribution is -2.40. The molecule has 0 saturated heterocycles. The van der Waals surface area contributed by atoms with Gasteiger partial charge >= 0.3 is 0 Å². The highest BCUT2D eigenvalue weighted by Gasteiger charge is 2.28. The second-order valence-corrected chi connectivity index (χ2v) is 8.93. The first-order valence-electron chi connectivity index (χ1n) is 9.94. The normalized spacial score (nSPS) is 11.7. The standard InChI is InChI=1S/C24H25N3O4S/c1-18-9-7-8-12-23(18)27(32(29,30)22-10-5-4-6-11-22)17-24(28)26-25-19(2)20-13-15-21(31-3)16-14-20/h4-16H,17H2,1-3H3,(H,26,28)/b25-19-. The van der Waals surface area contributed by atoms with Gasteiger partial charge in [-0.15, -0.1) is 0 Å². The molecule has 0 heterocycles. The molecule has 0 fully saturated rings. The second-order valence-electron chi connectivity index (χ2n) is 7.07. The molecule has 166 valence electrons. The number of methoxy groups -OCH3 is 1. The summed E-state index contributed by atoms with van der Waals surface area (Å²) in [7, 11) is -2.38. The Morgan fingerprint density at radius 2 is 1.59 bits per heavy atom. The third-order valence-corrected chi connectivity index (χ3v) is 6.63. The Morgan fingerprint density at radius 3 is 2.22 bits per heavy atom. The van der Waals surface area contributed by atoms with Gasteiger partial charge in [-0.2, -0.15) is 5.10 Å². The quantitative estimate of drug-likeness (QED) is 0.417.